The number of esters is 1. The van der Waals surface area contributed by atoms with Crippen LogP contribution in [0.25, 0.3) is 0 Å². The molecule has 0 fully saturated rings. The van der Waals surface area contributed by atoms with E-state index in [9.17, 15) is 4.79 Å². The van der Waals surface area contributed by atoms with Crippen LogP contribution in [0.4, 0.5) is 0 Å². The van der Waals surface area contributed by atoms with Crippen LogP contribution in [-0.4, -0.2) is 24.2 Å². The highest BCUT2D eigenvalue weighted by Gasteiger charge is 2.04. The van der Waals surface area contributed by atoms with Crippen molar-refractivity contribution < 1.29 is 14.3 Å². The van der Waals surface area contributed by atoms with Crippen molar-refractivity contribution in [3.05, 3.63) is 22.9 Å². The van der Waals surface area contributed by atoms with E-state index in [0.29, 0.717) is 12.4 Å². The third-order valence-electron chi connectivity index (χ3n) is 1.80. The minimum Gasteiger partial charge on any atom is -0.480 e. The normalized spacial score (nSPS) is 9.88. The third kappa shape index (κ3) is 5.11. The highest BCUT2D eigenvalue weighted by Crippen LogP contribution is 2.15. The van der Waals surface area contributed by atoms with E-state index >= 15 is 0 Å². The standard InChI is InChI=1S/C11H14BrNO3/c1-2-3-4-15-11(14)8-16-10-5-9(12)6-13-7-10/h5-7H,2-4,8H2,1H3. The Hall–Kier alpha value is -1.10. The molecule has 0 aromatic carbocycles. The lowest BCUT2D eigenvalue weighted by atomic mass is 10.4. The van der Waals surface area contributed by atoms with Gasteiger partial charge in [0.15, 0.2) is 6.61 Å². The Kier molecular flexibility index (Phi) is 5.85. The molecule has 0 saturated carbocycles. The second kappa shape index (κ2) is 7.22. The van der Waals surface area contributed by atoms with Crippen molar-refractivity contribution in [3.8, 4) is 5.75 Å². The quantitative estimate of drug-likeness (QED) is 0.596. The predicted octanol–water partition coefficient (Wildman–Crippen LogP) is 2.57. The molecule has 0 aliphatic rings. The molecule has 1 rings (SSSR count). The van der Waals surface area contributed by atoms with Gasteiger partial charge in [-0.3, -0.25) is 4.98 Å². The minimum atomic E-state index is -0.353. The Morgan fingerprint density at radius 2 is 2.31 bits per heavy atom. The van der Waals surface area contributed by atoms with Gasteiger partial charge in [0.25, 0.3) is 0 Å². The van der Waals surface area contributed by atoms with Crippen LogP contribution < -0.4 is 4.74 Å². The van der Waals surface area contributed by atoms with Crippen molar-refractivity contribution in [2.45, 2.75) is 19.8 Å². The summed E-state index contributed by atoms with van der Waals surface area (Å²) in [6.45, 7) is 2.41. The van der Waals surface area contributed by atoms with Crippen LogP contribution in [-0.2, 0) is 9.53 Å². The lowest BCUT2D eigenvalue weighted by Crippen LogP contribution is -2.15. The summed E-state index contributed by atoms with van der Waals surface area (Å²) in [5, 5.41) is 0. The number of unbranched alkanes of at least 4 members (excludes halogenated alkanes) is 1. The summed E-state index contributed by atoms with van der Waals surface area (Å²) in [6, 6.07) is 1.74. The number of halogens is 1. The Labute approximate surface area is 103 Å². The molecule has 0 bridgehead atoms. The Morgan fingerprint density at radius 1 is 1.50 bits per heavy atom. The van der Waals surface area contributed by atoms with E-state index in [2.05, 4.69) is 20.9 Å². The van der Waals surface area contributed by atoms with Crippen molar-refractivity contribution in [2.24, 2.45) is 0 Å². The molecule has 0 aliphatic heterocycles. The summed E-state index contributed by atoms with van der Waals surface area (Å²) in [7, 11) is 0. The summed E-state index contributed by atoms with van der Waals surface area (Å²) in [6.07, 6.45) is 5.07. The van der Waals surface area contributed by atoms with Gasteiger partial charge in [0.2, 0.25) is 0 Å². The zero-order valence-electron chi connectivity index (χ0n) is 9.11. The molecule has 1 aromatic rings. The third-order valence-corrected chi connectivity index (χ3v) is 2.23. The fourth-order valence-electron chi connectivity index (χ4n) is 0.986. The van der Waals surface area contributed by atoms with Gasteiger partial charge in [-0.2, -0.15) is 0 Å². The van der Waals surface area contributed by atoms with E-state index in [1.807, 2.05) is 6.92 Å². The molecule has 0 unspecified atom stereocenters. The predicted molar refractivity (Wildman–Crippen MR) is 63.3 cm³/mol. The Balaban J connectivity index is 2.26. The smallest absolute Gasteiger partial charge is 0.344 e. The van der Waals surface area contributed by atoms with Crippen LogP contribution in [0, 0.1) is 0 Å². The van der Waals surface area contributed by atoms with Crippen LogP contribution in [0.1, 0.15) is 19.8 Å². The first-order valence-electron chi connectivity index (χ1n) is 5.11. The van der Waals surface area contributed by atoms with Gasteiger partial charge in [-0.25, -0.2) is 4.79 Å². The van der Waals surface area contributed by atoms with Crippen LogP contribution in [0.5, 0.6) is 5.75 Å². The highest BCUT2D eigenvalue weighted by atomic mass is 79.9. The molecule has 5 heteroatoms. The molecule has 0 radical (unpaired) electrons. The van der Waals surface area contributed by atoms with Crippen molar-refractivity contribution in [3.63, 3.8) is 0 Å². The number of ether oxygens (including phenoxy) is 2. The van der Waals surface area contributed by atoms with E-state index in [1.54, 1.807) is 18.5 Å². The average molecular weight is 288 g/mol. The molecule has 0 aliphatic carbocycles. The van der Waals surface area contributed by atoms with Gasteiger partial charge >= 0.3 is 5.97 Å². The minimum absolute atomic E-state index is 0.0815. The number of nitrogens with zero attached hydrogens (tertiary/aromatic N) is 1. The molecule has 1 heterocycles. The molecule has 16 heavy (non-hydrogen) atoms. The SMILES string of the molecule is CCCCOC(=O)COc1cncc(Br)c1. The Bertz CT molecular complexity index is 344. The van der Waals surface area contributed by atoms with Gasteiger partial charge in [-0.1, -0.05) is 13.3 Å². The van der Waals surface area contributed by atoms with E-state index in [1.165, 1.54) is 0 Å². The van der Waals surface area contributed by atoms with Gasteiger partial charge in [-0.15, -0.1) is 0 Å². The Morgan fingerprint density at radius 3 is 3.00 bits per heavy atom. The zero-order valence-corrected chi connectivity index (χ0v) is 10.7. The first-order valence-corrected chi connectivity index (χ1v) is 5.90. The van der Waals surface area contributed by atoms with Gasteiger partial charge < -0.3 is 9.47 Å². The summed E-state index contributed by atoms with van der Waals surface area (Å²) < 4.78 is 11.0. The van der Waals surface area contributed by atoms with Crippen molar-refractivity contribution >= 4 is 21.9 Å². The zero-order chi connectivity index (χ0) is 11.8. The number of carbonyl (C=O) groups is 1. The molecule has 0 amide bonds. The second-order valence-electron chi connectivity index (χ2n) is 3.20. The topological polar surface area (TPSA) is 48.4 Å². The maximum absolute atomic E-state index is 11.2. The number of hydrogen-bond acceptors (Lipinski definition) is 4. The second-order valence-corrected chi connectivity index (χ2v) is 4.12. The molecule has 0 atom stereocenters. The first-order chi connectivity index (χ1) is 7.72. The number of pyridine rings is 1. The van der Waals surface area contributed by atoms with Crippen LogP contribution in [0.2, 0.25) is 0 Å². The molecule has 1 aromatic heterocycles. The van der Waals surface area contributed by atoms with Gasteiger partial charge in [0.1, 0.15) is 5.75 Å². The molecule has 0 saturated heterocycles. The molecule has 4 nitrogen and oxygen atoms in total. The van der Waals surface area contributed by atoms with E-state index < -0.39 is 0 Å². The molecule has 0 spiro atoms. The highest BCUT2D eigenvalue weighted by molar-refractivity contribution is 9.10. The molecular weight excluding hydrogens is 274 g/mol. The van der Waals surface area contributed by atoms with Crippen molar-refractivity contribution in [2.75, 3.05) is 13.2 Å². The fraction of sp³-hybridized carbons (Fsp3) is 0.455. The van der Waals surface area contributed by atoms with Crippen LogP contribution in [0.15, 0.2) is 22.9 Å². The summed E-state index contributed by atoms with van der Waals surface area (Å²) in [5.74, 6) is 0.190. The number of hydrogen-bond donors (Lipinski definition) is 0. The van der Waals surface area contributed by atoms with Gasteiger partial charge in [0.05, 0.1) is 12.8 Å². The van der Waals surface area contributed by atoms with Gasteiger partial charge in [-0.05, 0) is 28.4 Å². The van der Waals surface area contributed by atoms with E-state index in [-0.39, 0.29) is 12.6 Å². The first kappa shape index (κ1) is 13.0. The lowest BCUT2D eigenvalue weighted by Gasteiger charge is -2.06. The molecular formula is C11H14BrNO3. The number of rotatable bonds is 6. The monoisotopic (exact) mass is 287 g/mol. The maximum Gasteiger partial charge on any atom is 0.344 e. The summed E-state index contributed by atoms with van der Waals surface area (Å²) in [4.78, 5) is 15.1. The average Bonchev–Trinajstić information content (AvgIpc) is 2.27. The van der Waals surface area contributed by atoms with Crippen molar-refractivity contribution in [1.29, 1.82) is 0 Å². The summed E-state index contributed by atoms with van der Waals surface area (Å²) in [5.41, 5.74) is 0. The number of aromatic nitrogens is 1. The lowest BCUT2D eigenvalue weighted by molar-refractivity contribution is -0.146. The molecule has 88 valence electrons. The van der Waals surface area contributed by atoms with Crippen molar-refractivity contribution in [1.82, 2.24) is 4.98 Å². The van der Waals surface area contributed by atoms with Crippen LogP contribution in [0.3, 0.4) is 0 Å². The van der Waals surface area contributed by atoms with E-state index in [0.717, 1.165) is 17.3 Å². The largest absolute Gasteiger partial charge is 0.480 e. The summed E-state index contributed by atoms with van der Waals surface area (Å²) >= 11 is 3.26. The maximum atomic E-state index is 11.2. The van der Waals surface area contributed by atoms with E-state index in [4.69, 9.17) is 9.47 Å². The number of carbonyl (C=O) groups excluding carboxylic acids is 1. The van der Waals surface area contributed by atoms with Crippen LogP contribution >= 0.6 is 15.9 Å². The van der Waals surface area contributed by atoms with Gasteiger partial charge in [0, 0.05) is 10.7 Å². The molecule has 0 N–H and O–H groups in total. The fourth-order valence-corrected chi connectivity index (χ4v) is 1.33.